The highest BCUT2D eigenvalue weighted by Crippen LogP contribution is 2.68. The third-order valence-corrected chi connectivity index (χ3v) is 13.2. The Kier molecular flexibility index (Phi) is 9.37. The molecule has 1 spiro atoms. The average molecular weight is 677 g/mol. The monoisotopic (exact) mass is 676 g/mol. The number of aliphatic hydroxyl groups is 1. The lowest BCUT2D eigenvalue weighted by Gasteiger charge is -2.67. The molecule has 2 unspecified atom stereocenters. The maximum absolute atomic E-state index is 13.8. The Hall–Kier alpha value is -2.25. The Morgan fingerprint density at radius 2 is 1.69 bits per heavy atom. The molecular formula is C42H64N2O5. The van der Waals surface area contributed by atoms with Gasteiger partial charge in [0.25, 0.3) is 0 Å². The second-order valence-corrected chi connectivity index (χ2v) is 18.9. The van der Waals surface area contributed by atoms with Crippen molar-refractivity contribution >= 4 is 6.09 Å². The van der Waals surface area contributed by atoms with Gasteiger partial charge in [-0.05, 0) is 120 Å². The first-order valence-corrected chi connectivity index (χ1v) is 19.7. The van der Waals surface area contributed by atoms with Gasteiger partial charge in [0.1, 0.15) is 11.7 Å². The lowest BCUT2D eigenvalue weighted by atomic mass is 9.42. The molecule has 8 rings (SSSR count). The molecule has 1 amide bonds. The number of ether oxygens (including phenoxy) is 3. The number of rotatable bonds is 12. The van der Waals surface area contributed by atoms with E-state index in [1.165, 1.54) is 75.3 Å². The van der Waals surface area contributed by atoms with Gasteiger partial charge in [-0.3, -0.25) is 4.90 Å². The lowest BCUT2D eigenvalue weighted by molar-refractivity contribution is -0.157. The third-order valence-electron chi connectivity index (χ3n) is 13.2. The maximum atomic E-state index is 13.8. The van der Waals surface area contributed by atoms with Crippen molar-refractivity contribution in [2.24, 2.45) is 16.7 Å². The number of carbonyl (C=O) groups is 1. The van der Waals surface area contributed by atoms with Crippen LogP contribution in [0.25, 0.3) is 0 Å². The number of aliphatic hydroxyl groups excluding tert-OH is 1. The molecule has 0 saturated heterocycles. The molecule has 4 saturated carbocycles. The van der Waals surface area contributed by atoms with E-state index in [0.29, 0.717) is 17.3 Å². The van der Waals surface area contributed by atoms with Crippen molar-refractivity contribution < 1.29 is 24.1 Å². The van der Waals surface area contributed by atoms with E-state index in [9.17, 15) is 9.90 Å². The highest BCUT2D eigenvalue weighted by atomic mass is 16.6. The molecule has 7 nitrogen and oxygen atoms in total. The van der Waals surface area contributed by atoms with Crippen LogP contribution in [0.3, 0.4) is 0 Å². The first kappa shape index (κ1) is 35.2. The smallest absolute Gasteiger partial charge is 0.410 e. The normalized spacial score (nSPS) is 35.8. The molecule has 4 fully saturated rings. The molecule has 4 bridgehead atoms. The third kappa shape index (κ3) is 6.89. The highest BCUT2D eigenvalue weighted by Gasteiger charge is 2.63. The van der Waals surface area contributed by atoms with Gasteiger partial charge in [-0.25, -0.2) is 4.79 Å². The fourth-order valence-corrected chi connectivity index (χ4v) is 12.2. The zero-order chi connectivity index (χ0) is 34.7. The Morgan fingerprint density at radius 3 is 2.37 bits per heavy atom. The summed E-state index contributed by atoms with van der Waals surface area (Å²) in [5, 5.41) is 10.4. The van der Waals surface area contributed by atoms with Crippen LogP contribution in [0, 0.1) is 16.7 Å². The van der Waals surface area contributed by atoms with Gasteiger partial charge in [-0.1, -0.05) is 64.2 Å². The minimum atomic E-state index is -0.469. The lowest BCUT2D eigenvalue weighted by Crippen LogP contribution is -2.66. The molecule has 49 heavy (non-hydrogen) atoms. The predicted molar refractivity (Wildman–Crippen MR) is 194 cm³/mol. The minimum absolute atomic E-state index is 0.0204. The summed E-state index contributed by atoms with van der Waals surface area (Å²) >= 11 is 0. The molecule has 1 aromatic carbocycles. The molecular weight excluding hydrogens is 612 g/mol. The van der Waals surface area contributed by atoms with Crippen LogP contribution >= 0.6 is 0 Å². The Labute approximate surface area is 296 Å². The van der Waals surface area contributed by atoms with Gasteiger partial charge < -0.3 is 24.2 Å². The van der Waals surface area contributed by atoms with Gasteiger partial charge in [-0.2, -0.15) is 0 Å². The van der Waals surface area contributed by atoms with Gasteiger partial charge in [0, 0.05) is 30.6 Å². The van der Waals surface area contributed by atoms with Gasteiger partial charge in [-0.15, -0.1) is 0 Å². The fourth-order valence-electron chi connectivity index (χ4n) is 12.2. The van der Waals surface area contributed by atoms with Crippen molar-refractivity contribution in [2.45, 2.75) is 166 Å². The van der Waals surface area contributed by atoms with E-state index < -0.39 is 11.7 Å². The summed E-state index contributed by atoms with van der Waals surface area (Å²) in [5.41, 5.74) is 2.71. The van der Waals surface area contributed by atoms with Crippen LogP contribution in [0.2, 0.25) is 0 Å². The van der Waals surface area contributed by atoms with Crippen molar-refractivity contribution in [2.75, 3.05) is 26.7 Å². The number of benzene rings is 1. The van der Waals surface area contributed by atoms with Crippen molar-refractivity contribution in [1.29, 1.82) is 0 Å². The van der Waals surface area contributed by atoms with Gasteiger partial charge in [0.15, 0.2) is 11.5 Å². The Balaban J connectivity index is 0.878. The van der Waals surface area contributed by atoms with Crippen molar-refractivity contribution in [3.63, 3.8) is 0 Å². The predicted octanol–water partition coefficient (Wildman–Crippen LogP) is 8.94. The van der Waals surface area contributed by atoms with E-state index in [2.05, 4.69) is 41.9 Å². The minimum Gasteiger partial charge on any atom is -0.493 e. The summed E-state index contributed by atoms with van der Waals surface area (Å²) < 4.78 is 18.3. The molecule has 7 atom stereocenters. The van der Waals surface area contributed by atoms with Crippen LogP contribution in [0.5, 0.6) is 11.5 Å². The quantitative estimate of drug-likeness (QED) is 0.176. The number of hydrogen-bond acceptors (Lipinski definition) is 6. The van der Waals surface area contributed by atoms with Crippen molar-refractivity contribution in [1.82, 2.24) is 9.80 Å². The van der Waals surface area contributed by atoms with E-state index in [1.54, 1.807) is 7.11 Å². The molecule has 1 N–H and O–H groups in total. The van der Waals surface area contributed by atoms with E-state index in [-0.39, 0.29) is 23.2 Å². The average Bonchev–Trinajstić information content (AvgIpc) is 3.23. The maximum Gasteiger partial charge on any atom is 0.410 e. The van der Waals surface area contributed by atoms with E-state index in [4.69, 9.17) is 14.2 Å². The van der Waals surface area contributed by atoms with Crippen LogP contribution in [-0.2, 0) is 16.7 Å². The van der Waals surface area contributed by atoms with Crippen LogP contribution in [0.15, 0.2) is 24.3 Å². The molecule has 1 aromatic rings. The summed E-state index contributed by atoms with van der Waals surface area (Å²) in [6, 6.07) is 4.29. The second-order valence-electron chi connectivity index (χ2n) is 18.9. The zero-order valence-electron chi connectivity index (χ0n) is 31.5. The summed E-state index contributed by atoms with van der Waals surface area (Å²) in [4.78, 5) is 18.6. The molecule has 2 heterocycles. The van der Waals surface area contributed by atoms with E-state index >= 15 is 0 Å². The first-order valence-electron chi connectivity index (χ1n) is 19.7. The standard InChI is InChI=1S/C42H64N2O5/c1-38(2,3)49-37(46)44(41-25-30-23-39(4,28-41)27-40(5,24-30)29-41)20-13-11-9-7-8-10-12-19-43-21-18-42-17-16-32(45)22-34(42)48-36-33(47-6)15-14-31(26-43)35(36)42/h14-17,30,32,34,45H,7-13,18-29H2,1-6H3/t30?,32-,34-,39-,40+,41?,42-/m0/s1. The fraction of sp³-hybridized carbons (Fsp3) is 0.786. The zero-order valence-corrected chi connectivity index (χ0v) is 31.5. The summed E-state index contributed by atoms with van der Waals surface area (Å²) in [6.07, 6.45) is 21.2. The number of amides is 1. The Bertz CT molecular complexity index is 1400. The molecule has 5 aliphatic carbocycles. The molecule has 272 valence electrons. The van der Waals surface area contributed by atoms with Crippen LogP contribution < -0.4 is 9.47 Å². The Morgan fingerprint density at radius 1 is 1.00 bits per heavy atom. The van der Waals surface area contributed by atoms with Crippen LogP contribution in [0.4, 0.5) is 4.79 Å². The van der Waals surface area contributed by atoms with E-state index in [1.807, 2.05) is 26.8 Å². The highest BCUT2D eigenvalue weighted by molar-refractivity contribution is 5.69. The molecule has 7 heteroatoms. The SMILES string of the molecule is COc1ccc2c3c1O[C@H]1C[C@@H](O)C=C[C@@]31CCN(CCCCCCCCCN(C(=O)OC(C)(C)C)C13CC4C[C@@](C)(C1)C[C@](C)(C4)C3)C2. The molecule has 0 aromatic heterocycles. The number of carbonyl (C=O) groups excluding carboxylic acids is 1. The van der Waals surface area contributed by atoms with Crippen molar-refractivity contribution in [3.8, 4) is 11.5 Å². The van der Waals surface area contributed by atoms with Gasteiger partial charge in [0.05, 0.1) is 18.6 Å². The number of methoxy groups -OCH3 is 1. The van der Waals surface area contributed by atoms with Crippen molar-refractivity contribution in [3.05, 3.63) is 35.4 Å². The second kappa shape index (κ2) is 13.1. The summed E-state index contributed by atoms with van der Waals surface area (Å²) in [5.74, 6) is 2.45. The first-order chi connectivity index (χ1) is 23.2. The van der Waals surface area contributed by atoms with E-state index in [0.717, 1.165) is 69.3 Å². The molecule has 0 radical (unpaired) electrons. The number of unbranched alkanes of at least 4 members (excludes halogenated alkanes) is 6. The topological polar surface area (TPSA) is 71.5 Å². The summed E-state index contributed by atoms with van der Waals surface area (Å²) in [7, 11) is 1.71. The largest absolute Gasteiger partial charge is 0.493 e. The molecule has 2 aliphatic heterocycles. The number of hydrogen-bond donors (Lipinski definition) is 1. The molecule has 7 aliphatic rings. The van der Waals surface area contributed by atoms with Gasteiger partial charge in [0.2, 0.25) is 0 Å². The van der Waals surface area contributed by atoms with Gasteiger partial charge >= 0.3 is 6.09 Å². The summed E-state index contributed by atoms with van der Waals surface area (Å²) in [6.45, 7) is 14.9. The van der Waals surface area contributed by atoms with Crippen LogP contribution in [-0.4, -0.2) is 71.1 Å². The van der Waals surface area contributed by atoms with Crippen LogP contribution in [0.1, 0.15) is 142 Å². The number of nitrogens with zero attached hydrogens (tertiary/aromatic N) is 2.